The van der Waals surface area contributed by atoms with Gasteiger partial charge >= 0.3 is 0 Å². The molecule has 0 unspecified atom stereocenters. The number of halogens is 1. The summed E-state index contributed by atoms with van der Waals surface area (Å²) in [5.41, 5.74) is 1.79. The molecule has 27 heavy (non-hydrogen) atoms. The number of nitrogens with zero attached hydrogens (tertiary/aromatic N) is 1. The average Bonchev–Trinajstić information content (AvgIpc) is 3.52. The summed E-state index contributed by atoms with van der Waals surface area (Å²) in [4.78, 5) is 14.3. The molecule has 0 radical (unpaired) electrons. The number of carbonyl (C=O) groups excluding carboxylic acids is 1. The number of amides is 1. The zero-order valence-corrected chi connectivity index (χ0v) is 15.6. The fourth-order valence-corrected chi connectivity index (χ4v) is 3.01. The Kier molecular flexibility index (Phi) is 7.36. The van der Waals surface area contributed by atoms with Crippen molar-refractivity contribution >= 4 is 5.91 Å². The molecule has 1 saturated carbocycles. The van der Waals surface area contributed by atoms with Crippen molar-refractivity contribution in [3.05, 3.63) is 71.5 Å². The van der Waals surface area contributed by atoms with Crippen LogP contribution < -0.4 is 5.32 Å². The number of hydrogen-bond acceptors (Lipinski definition) is 3. The molecular formula is C22H27FN2O2. The van der Waals surface area contributed by atoms with E-state index in [4.69, 9.17) is 4.74 Å². The van der Waals surface area contributed by atoms with Gasteiger partial charge in [0.2, 0.25) is 5.91 Å². The van der Waals surface area contributed by atoms with E-state index in [1.165, 1.54) is 6.07 Å². The lowest BCUT2D eigenvalue weighted by atomic mass is 10.2. The first kappa shape index (κ1) is 19.5. The molecule has 1 aliphatic rings. The van der Waals surface area contributed by atoms with E-state index in [-0.39, 0.29) is 11.7 Å². The Morgan fingerprint density at radius 1 is 1.11 bits per heavy atom. The van der Waals surface area contributed by atoms with E-state index in [0.717, 1.165) is 24.8 Å². The van der Waals surface area contributed by atoms with E-state index in [1.54, 1.807) is 12.1 Å². The summed E-state index contributed by atoms with van der Waals surface area (Å²) in [7, 11) is 0. The standard InChI is InChI=1S/C22H27FN2O2/c23-21-10-5-4-9-19(21)15-25(20-11-12-20)16-22(26)24-13-6-14-27-17-18-7-2-1-3-8-18/h1-5,7-10,20H,6,11-17H2,(H,24,26). The van der Waals surface area contributed by atoms with Gasteiger partial charge in [-0.3, -0.25) is 9.69 Å². The second-order valence-corrected chi connectivity index (χ2v) is 6.97. The van der Waals surface area contributed by atoms with Crippen LogP contribution >= 0.6 is 0 Å². The average molecular weight is 370 g/mol. The molecule has 0 aromatic heterocycles. The van der Waals surface area contributed by atoms with Gasteiger partial charge in [-0.05, 0) is 30.9 Å². The van der Waals surface area contributed by atoms with Crippen molar-refractivity contribution in [1.82, 2.24) is 10.2 Å². The third-order valence-electron chi connectivity index (χ3n) is 4.64. The first-order chi connectivity index (χ1) is 13.2. The molecule has 1 aliphatic carbocycles. The molecule has 3 rings (SSSR count). The zero-order chi connectivity index (χ0) is 18.9. The lowest BCUT2D eigenvalue weighted by Crippen LogP contribution is -2.38. The number of rotatable bonds is 11. The van der Waals surface area contributed by atoms with Crippen LogP contribution in [0.3, 0.4) is 0 Å². The van der Waals surface area contributed by atoms with Crippen LogP contribution in [0.1, 0.15) is 30.4 Å². The minimum atomic E-state index is -0.209. The second-order valence-electron chi connectivity index (χ2n) is 6.97. The van der Waals surface area contributed by atoms with Gasteiger partial charge in [0.05, 0.1) is 13.2 Å². The summed E-state index contributed by atoms with van der Waals surface area (Å²) in [5.74, 6) is -0.222. The highest BCUT2D eigenvalue weighted by atomic mass is 19.1. The number of ether oxygens (including phenoxy) is 1. The van der Waals surface area contributed by atoms with Gasteiger partial charge in [0.1, 0.15) is 5.82 Å². The number of benzene rings is 2. The summed E-state index contributed by atoms with van der Waals surface area (Å²) in [5, 5.41) is 2.94. The molecule has 0 heterocycles. The van der Waals surface area contributed by atoms with E-state index < -0.39 is 0 Å². The fourth-order valence-electron chi connectivity index (χ4n) is 3.01. The van der Waals surface area contributed by atoms with E-state index in [9.17, 15) is 9.18 Å². The number of carbonyl (C=O) groups is 1. The maximum Gasteiger partial charge on any atom is 0.234 e. The van der Waals surface area contributed by atoms with E-state index in [0.29, 0.717) is 44.5 Å². The molecule has 1 fully saturated rings. The summed E-state index contributed by atoms with van der Waals surface area (Å²) < 4.78 is 19.5. The molecular weight excluding hydrogens is 343 g/mol. The van der Waals surface area contributed by atoms with Crippen LogP contribution in [0.2, 0.25) is 0 Å². The molecule has 1 N–H and O–H groups in total. The highest BCUT2D eigenvalue weighted by Crippen LogP contribution is 2.28. The van der Waals surface area contributed by atoms with Crippen LogP contribution in [0, 0.1) is 5.82 Å². The van der Waals surface area contributed by atoms with Gasteiger partial charge in [-0.15, -0.1) is 0 Å². The van der Waals surface area contributed by atoms with Crippen molar-refractivity contribution in [3.8, 4) is 0 Å². The van der Waals surface area contributed by atoms with Gasteiger partial charge in [0, 0.05) is 31.3 Å². The minimum absolute atomic E-state index is 0.0127. The Bertz CT molecular complexity index is 719. The molecule has 0 bridgehead atoms. The first-order valence-corrected chi connectivity index (χ1v) is 9.58. The molecule has 4 nitrogen and oxygen atoms in total. The van der Waals surface area contributed by atoms with Crippen LogP contribution in [0.4, 0.5) is 4.39 Å². The molecule has 0 aliphatic heterocycles. The minimum Gasteiger partial charge on any atom is -0.377 e. The van der Waals surface area contributed by atoms with Crippen molar-refractivity contribution < 1.29 is 13.9 Å². The van der Waals surface area contributed by atoms with Crippen LogP contribution in [-0.2, 0) is 22.7 Å². The molecule has 2 aromatic carbocycles. The van der Waals surface area contributed by atoms with E-state index in [2.05, 4.69) is 10.2 Å². The summed E-state index contributed by atoms with van der Waals surface area (Å²) in [6, 6.07) is 17.2. The fraction of sp³-hybridized carbons (Fsp3) is 0.409. The Hall–Kier alpha value is -2.24. The van der Waals surface area contributed by atoms with Gasteiger partial charge in [-0.1, -0.05) is 48.5 Å². The Labute approximate surface area is 160 Å². The lowest BCUT2D eigenvalue weighted by molar-refractivity contribution is -0.122. The third kappa shape index (κ3) is 6.77. The quantitative estimate of drug-likeness (QED) is 0.616. The maximum absolute atomic E-state index is 13.9. The van der Waals surface area contributed by atoms with Crippen LogP contribution in [0.15, 0.2) is 54.6 Å². The molecule has 1 amide bonds. The van der Waals surface area contributed by atoms with E-state index >= 15 is 0 Å². The Balaban J connectivity index is 1.33. The van der Waals surface area contributed by atoms with Gasteiger partial charge in [0.15, 0.2) is 0 Å². The zero-order valence-electron chi connectivity index (χ0n) is 15.6. The van der Waals surface area contributed by atoms with Gasteiger partial charge in [0.25, 0.3) is 0 Å². The molecule has 0 spiro atoms. The summed E-state index contributed by atoms with van der Waals surface area (Å²) in [6.07, 6.45) is 2.93. The van der Waals surface area contributed by atoms with Crippen LogP contribution in [-0.4, -0.2) is 36.5 Å². The van der Waals surface area contributed by atoms with Crippen molar-refractivity contribution in [3.63, 3.8) is 0 Å². The molecule has 0 atom stereocenters. The molecule has 5 heteroatoms. The highest BCUT2D eigenvalue weighted by Gasteiger charge is 2.30. The van der Waals surface area contributed by atoms with Crippen molar-refractivity contribution in [2.75, 3.05) is 19.7 Å². The molecule has 144 valence electrons. The number of nitrogens with one attached hydrogen (secondary N) is 1. The number of hydrogen-bond donors (Lipinski definition) is 1. The largest absolute Gasteiger partial charge is 0.377 e. The topological polar surface area (TPSA) is 41.6 Å². The predicted octanol–water partition coefficient (Wildman–Crippen LogP) is 3.51. The van der Waals surface area contributed by atoms with Crippen molar-refractivity contribution in [1.29, 1.82) is 0 Å². The second kappa shape index (κ2) is 10.2. The normalized spacial score (nSPS) is 13.7. The lowest BCUT2D eigenvalue weighted by Gasteiger charge is -2.21. The van der Waals surface area contributed by atoms with Gasteiger partial charge < -0.3 is 10.1 Å². The van der Waals surface area contributed by atoms with Crippen LogP contribution in [0.25, 0.3) is 0 Å². The smallest absolute Gasteiger partial charge is 0.234 e. The van der Waals surface area contributed by atoms with Gasteiger partial charge in [-0.2, -0.15) is 0 Å². The monoisotopic (exact) mass is 370 g/mol. The van der Waals surface area contributed by atoms with Gasteiger partial charge in [-0.25, -0.2) is 4.39 Å². The summed E-state index contributed by atoms with van der Waals surface area (Å²) in [6.45, 7) is 2.57. The Morgan fingerprint density at radius 2 is 1.85 bits per heavy atom. The van der Waals surface area contributed by atoms with E-state index in [1.807, 2.05) is 36.4 Å². The Morgan fingerprint density at radius 3 is 2.59 bits per heavy atom. The molecule has 0 saturated heterocycles. The maximum atomic E-state index is 13.9. The SMILES string of the molecule is O=C(CN(Cc1ccccc1F)C1CC1)NCCCOCc1ccccc1. The van der Waals surface area contributed by atoms with Crippen molar-refractivity contribution in [2.24, 2.45) is 0 Å². The highest BCUT2D eigenvalue weighted by molar-refractivity contribution is 5.78. The first-order valence-electron chi connectivity index (χ1n) is 9.58. The molecule has 2 aromatic rings. The summed E-state index contributed by atoms with van der Waals surface area (Å²) >= 11 is 0. The predicted molar refractivity (Wildman–Crippen MR) is 104 cm³/mol. The van der Waals surface area contributed by atoms with Crippen molar-refractivity contribution in [2.45, 2.75) is 38.5 Å². The third-order valence-corrected chi connectivity index (χ3v) is 4.64. The van der Waals surface area contributed by atoms with Crippen LogP contribution in [0.5, 0.6) is 0 Å².